The minimum absolute atomic E-state index is 0.0547. The van der Waals surface area contributed by atoms with Gasteiger partial charge in [0.1, 0.15) is 6.33 Å². The van der Waals surface area contributed by atoms with Crippen LogP contribution >= 0.6 is 15.9 Å². The molecule has 4 bridgehead atoms. The minimum atomic E-state index is -0.280. The first kappa shape index (κ1) is 19.3. The summed E-state index contributed by atoms with van der Waals surface area (Å²) in [5.41, 5.74) is 1.91. The summed E-state index contributed by atoms with van der Waals surface area (Å²) in [5, 5.41) is 7.86. The monoisotopic (exact) mass is 456 g/mol. The summed E-state index contributed by atoms with van der Waals surface area (Å²) < 4.78 is 2.69. The van der Waals surface area contributed by atoms with E-state index in [4.69, 9.17) is 0 Å². The molecule has 3 unspecified atom stereocenters. The van der Waals surface area contributed by atoms with E-state index in [2.05, 4.69) is 74.1 Å². The van der Waals surface area contributed by atoms with Crippen molar-refractivity contribution in [3.63, 3.8) is 0 Å². The maximum absolute atomic E-state index is 13.6. The molecule has 1 aromatic carbocycles. The van der Waals surface area contributed by atoms with Crippen LogP contribution in [0.3, 0.4) is 0 Å². The highest BCUT2D eigenvalue weighted by Gasteiger charge is 2.61. The van der Waals surface area contributed by atoms with Crippen molar-refractivity contribution in [3.05, 3.63) is 40.9 Å². The van der Waals surface area contributed by atoms with Crippen molar-refractivity contribution in [3.8, 4) is 0 Å². The number of rotatable bonds is 5. The Labute approximate surface area is 180 Å². The number of hydrogen-bond donors (Lipinski definition) is 1. The second-order valence-electron chi connectivity index (χ2n) is 9.81. The summed E-state index contributed by atoms with van der Waals surface area (Å²) in [7, 11) is 0. The number of hydrogen-bond acceptors (Lipinski definition) is 3. The SMILES string of the molecule is CCC(C)c1ccc(NC(=O)C23CC4CC(C2)CC(n2cnc(Br)n2)(C4)C3)cc1. The van der Waals surface area contributed by atoms with Gasteiger partial charge in [-0.1, -0.05) is 26.0 Å². The molecular formula is C23H29BrN4O. The summed E-state index contributed by atoms with van der Waals surface area (Å²) in [6, 6.07) is 8.42. The molecule has 4 saturated carbocycles. The van der Waals surface area contributed by atoms with Gasteiger partial charge in [-0.3, -0.25) is 4.79 Å². The van der Waals surface area contributed by atoms with Crippen LogP contribution in [0.4, 0.5) is 5.69 Å². The molecule has 4 aliphatic rings. The van der Waals surface area contributed by atoms with E-state index < -0.39 is 0 Å². The lowest BCUT2D eigenvalue weighted by atomic mass is 9.46. The van der Waals surface area contributed by atoms with E-state index in [0.717, 1.165) is 44.2 Å². The second kappa shape index (κ2) is 6.93. The van der Waals surface area contributed by atoms with Gasteiger partial charge in [0.05, 0.1) is 11.0 Å². The second-order valence-corrected chi connectivity index (χ2v) is 10.5. The Hall–Kier alpha value is -1.69. The van der Waals surface area contributed by atoms with E-state index in [9.17, 15) is 4.79 Å². The number of benzene rings is 1. The van der Waals surface area contributed by atoms with E-state index in [0.29, 0.717) is 22.5 Å². The molecule has 6 heteroatoms. The molecule has 0 radical (unpaired) electrons. The van der Waals surface area contributed by atoms with Gasteiger partial charge in [0.2, 0.25) is 10.6 Å². The van der Waals surface area contributed by atoms with Gasteiger partial charge in [0.15, 0.2) is 0 Å². The average molecular weight is 457 g/mol. The van der Waals surface area contributed by atoms with Crippen LogP contribution in [-0.2, 0) is 10.3 Å². The number of anilines is 1. The quantitative estimate of drug-likeness (QED) is 0.646. The number of nitrogens with zero attached hydrogens (tertiary/aromatic N) is 3. The lowest BCUT2D eigenvalue weighted by Crippen LogP contribution is -2.60. The van der Waals surface area contributed by atoms with Gasteiger partial charge < -0.3 is 5.32 Å². The predicted octanol–water partition coefficient (Wildman–Crippen LogP) is 5.49. The summed E-state index contributed by atoms with van der Waals surface area (Å²) in [6.45, 7) is 4.45. The Balaban J connectivity index is 1.39. The highest BCUT2D eigenvalue weighted by atomic mass is 79.9. The van der Waals surface area contributed by atoms with Crippen molar-refractivity contribution in [1.82, 2.24) is 14.8 Å². The van der Waals surface area contributed by atoms with E-state index >= 15 is 0 Å². The third-order valence-corrected chi connectivity index (χ3v) is 8.18. The molecule has 4 fully saturated rings. The smallest absolute Gasteiger partial charge is 0.230 e. The molecule has 2 aromatic rings. The van der Waals surface area contributed by atoms with E-state index in [1.54, 1.807) is 0 Å². The number of amides is 1. The molecule has 154 valence electrons. The van der Waals surface area contributed by atoms with E-state index in [-0.39, 0.29) is 16.9 Å². The summed E-state index contributed by atoms with van der Waals surface area (Å²) in [4.78, 5) is 17.9. The fourth-order valence-corrected chi connectivity index (χ4v) is 6.88. The maximum Gasteiger partial charge on any atom is 0.230 e. The zero-order valence-corrected chi connectivity index (χ0v) is 18.8. The molecule has 1 N–H and O–H groups in total. The maximum atomic E-state index is 13.6. The molecule has 0 aliphatic heterocycles. The van der Waals surface area contributed by atoms with E-state index in [1.807, 2.05) is 6.33 Å². The standard InChI is InChI=1S/C23H29BrN4O/c1-3-15(2)18-4-6-19(7-5-18)26-20(29)22-9-16-8-17(10-22)12-23(11-16,13-22)28-14-25-21(24)27-28/h4-7,14-17H,3,8-13H2,1-2H3,(H,26,29). The highest BCUT2D eigenvalue weighted by Crippen LogP contribution is 2.64. The van der Waals surface area contributed by atoms with Crippen molar-refractivity contribution < 1.29 is 4.79 Å². The minimum Gasteiger partial charge on any atom is -0.326 e. The predicted molar refractivity (Wildman–Crippen MR) is 117 cm³/mol. The van der Waals surface area contributed by atoms with Crippen LogP contribution in [-0.4, -0.2) is 20.7 Å². The lowest BCUT2D eigenvalue weighted by molar-refractivity contribution is -0.150. The summed E-state index contributed by atoms with van der Waals surface area (Å²) >= 11 is 3.40. The highest BCUT2D eigenvalue weighted by molar-refractivity contribution is 9.10. The zero-order chi connectivity index (χ0) is 20.2. The molecule has 5 nitrogen and oxygen atoms in total. The van der Waals surface area contributed by atoms with Crippen molar-refractivity contribution in [2.45, 2.75) is 70.3 Å². The van der Waals surface area contributed by atoms with Crippen molar-refractivity contribution in [2.75, 3.05) is 5.32 Å². The molecule has 1 heterocycles. The van der Waals surface area contributed by atoms with Crippen molar-refractivity contribution in [1.29, 1.82) is 0 Å². The molecule has 1 aromatic heterocycles. The van der Waals surface area contributed by atoms with Gasteiger partial charge in [-0.15, -0.1) is 5.10 Å². The zero-order valence-electron chi connectivity index (χ0n) is 17.2. The van der Waals surface area contributed by atoms with E-state index in [1.165, 1.54) is 12.0 Å². The first-order valence-corrected chi connectivity index (χ1v) is 11.7. The Kier molecular flexibility index (Phi) is 4.61. The summed E-state index contributed by atoms with van der Waals surface area (Å²) in [5.74, 6) is 1.96. The van der Waals surface area contributed by atoms with Crippen LogP contribution < -0.4 is 5.32 Å². The average Bonchev–Trinajstić information content (AvgIpc) is 3.14. The molecule has 6 rings (SSSR count). The number of carbonyl (C=O) groups is 1. The van der Waals surface area contributed by atoms with Crippen LogP contribution in [0.2, 0.25) is 0 Å². The van der Waals surface area contributed by atoms with Crippen LogP contribution in [0, 0.1) is 17.3 Å². The molecule has 1 amide bonds. The Morgan fingerprint density at radius 2 is 1.93 bits per heavy atom. The first-order valence-electron chi connectivity index (χ1n) is 10.9. The number of halogens is 1. The molecule has 3 atom stereocenters. The molecule has 4 aliphatic carbocycles. The largest absolute Gasteiger partial charge is 0.326 e. The van der Waals surface area contributed by atoms with Crippen molar-refractivity contribution in [2.24, 2.45) is 17.3 Å². The van der Waals surface area contributed by atoms with Gasteiger partial charge in [0, 0.05) is 5.69 Å². The topological polar surface area (TPSA) is 59.8 Å². The Bertz CT molecular complexity index is 907. The summed E-state index contributed by atoms with van der Waals surface area (Å²) in [6.07, 6.45) is 9.37. The number of aromatic nitrogens is 3. The van der Waals surface area contributed by atoms with Gasteiger partial charge in [-0.25, -0.2) is 9.67 Å². The third-order valence-electron chi connectivity index (χ3n) is 7.81. The molecule has 29 heavy (non-hydrogen) atoms. The Morgan fingerprint density at radius 1 is 1.24 bits per heavy atom. The normalized spacial score (nSPS) is 33.6. The fourth-order valence-electron chi connectivity index (χ4n) is 6.61. The van der Waals surface area contributed by atoms with Gasteiger partial charge in [0.25, 0.3) is 0 Å². The number of nitrogens with one attached hydrogen (secondary N) is 1. The molecular weight excluding hydrogens is 428 g/mol. The van der Waals surface area contributed by atoms with Crippen molar-refractivity contribution >= 4 is 27.5 Å². The van der Waals surface area contributed by atoms with Gasteiger partial charge in [-0.2, -0.15) is 0 Å². The van der Waals surface area contributed by atoms with Crippen LogP contribution in [0.25, 0.3) is 0 Å². The lowest BCUT2D eigenvalue weighted by Gasteiger charge is -2.60. The van der Waals surface area contributed by atoms with Crippen LogP contribution in [0.1, 0.15) is 70.3 Å². The first-order chi connectivity index (χ1) is 13.9. The Morgan fingerprint density at radius 3 is 2.52 bits per heavy atom. The van der Waals surface area contributed by atoms with Gasteiger partial charge in [-0.05, 0) is 96.3 Å². The number of carbonyl (C=O) groups excluding carboxylic acids is 1. The van der Waals surface area contributed by atoms with Crippen LogP contribution in [0.5, 0.6) is 0 Å². The molecule has 0 saturated heterocycles. The molecule has 0 spiro atoms. The third kappa shape index (κ3) is 3.24. The van der Waals surface area contributed by atoms with Crippen LogP contribution in [0.15, 0.2) is 35.3 Å². The van der Waals surface area contributed by atoms with Gasteiger partial charge >= 0.3 is 0 Å². The fraction of sp³-hybridized carbons (Fsp3) is 0.609.